The molecule has 16 nitrogen and oxygen atoms in total. The summed E-state index contributed by atoms with van der Waals surface area (Å²) in [6.45, 7) is 21.7. The van der Waals surface area contributed by atoms with E-state index in [9.17, 15) is 0 Å². The fourth-order valence-corrected chi connectivity index (χ4v) is 19.2. The van der Waals surface area contributed by atoms with Crippen molar-refractivity contribution in [1.29, 1.82) is 0 Å². The standard InChI is InChI=1S/C15H13N3S.C15H11N3.C15H11NS3.C14H9N3S.C13H13N3.C12H13N3/c1-3-18-9(2)17-12-6-11-10-4-5-16-8-15(10)19-14(11)7-13(12)18;1-9-6-12-14(16-9)8-15-13(18-12)7-10-4-2-3-5-11(10)17-15;1-2-17-15-16-11-7-10-9-5-3-4-6-12(9)18-13(10)8-14(11)19-15;1-8-15-13-6-11-12(7-14(13)18-8)17-10-5-3-2-4-9(10)16-11;1-3-16-9(2)15-12-8-11-10(7-13(12)16)5-4-6-14-11;1-3-15-8(2)14-11-6-9-4-5-13-10(9)7-12(11)15/h4-8H,3H2,1-2H3;2-5,7-8H,6H2,1H3;3-8H,2H2,1H3;2-7H,1H3;4-8H,3H2,1-2H3;4-7,13H,3H2,1-2H3. The Balaban J connectivity index is 0.0000000931. The number of aryl methyl sites for hydroxylation is 7. The van der Waals surface area contributed by atoms with Gasteiger partial charge in [0.25, 0.3) is 0 Å². The number of rotatable bonds is 5. The number of thiazole rings is 2. The zero-order chi connectivity index (χ0) is 71.6. The number of imidazole rings is 3. The van der Waals surface area contributed by atoms with Gasteiger partial charge in [-0.15, -0.1) is 45.3 Å². The fraction of sp³-hybridized carbons (Fsp3) is 0.167. The van der Waals surface area contributed by atoms with Crippen LogP contribution in [-0.4, -0.2) is 85.0 Å². The second kappa shape index (κ2) is 28.2. The average molecular weight is 1460 g/mol. The van der Waals surface area contributed by atoms with E-state index >= 15 is 0 Å². The summed E-state index contributed by atoms with van der Waals surface area (Å²) < 4.78 is 15.6. The topological polar surface area (TPSA) is 185 Å². The van der Waals surface area contributed by atoms with Crippen molar-refractivity contribution in [2.24, 2.45) is 4.99 Å². The first-order valence-corrected chi connectivity index (χ1v) is 39.4. The number of fused-ring (bicyclic) bond motifs is 18. The third-order valence-corrected chi connectivity index (χ3v) is 24.2. The number of aromatic nitrogens is 15. The molecular weight excluding hydrogens is 1390 g/mol. The quantitative estimate of drug-likeness (QED) is 0.127. The maximum atomic E-state index is 4.73. The Morgan fingerprint density at radius 2 is 0.962 bits per heavy atom. The van der Waals surface area contributed by atoms with E-state index in [1.807, 2.05) is 129 Å². The Bertz CT molecular complexity index is 6890. The van der Waals surface area contributed by atoms with Gasteiger partial charge in [-0.1, -0.05) is 73.3 Å². The molecule has 0 saturated carbocycles. The van der Waals surface area contributed by atoms with Crippen molar-refractivity contribution in [1.82, 2.24) is 73.5 Å². The third kappa shape index (κ3) is 13.0. The van der Waals surface area contributed by atoms with Gasteiger partial charge < -0.3 is 18.7 Å². The summed E-state index contributed by atoms with van der Waals surface area (Å²) in [4.78, 5) is 57.9. The second-order valence-electron chi connectivity index (χ2n) is 25.7. The lowest BCUT2D eigenvalue weighted by atomic mass is 10.1. The monoisotopic (exact) mass is 1460 g/mol. The summed E-state index contributed by atoms with van der Waals surface area (Å²) >= 11 is 9.00. The van der Waals surface area contributed by atoms with Crippen LogP contribution >= 0.6 is 57.1 Å². The second-order valence-corrected chi connectivity index (χ2v) is 31.7. The zero-order valence-electron chi connectivity index (χ0n) is 59.3. The molecule has 0 atom stereocenters. The van der Waals surface area contributed by atoms with Crippen LogP contribution in [0.25, 0.3) is 160 Å². The van der Waals surface area contributed by atoms with Crippen molar-refractivity contribution >= 4 is 228 Å². The van der Waals surface area contributed by atoms with Gasteiger partial charge in [-0.2, -0.15) is 0 Å². The van der Waals surface area contributed by atoms with Crippen LogP contribution in [0.1, 0.15) is 62.8 Å². The van der Waals surface area contributed by atoms with Crippen molar-refractivity contribution in [3.8, 4) is 0 Å². The molecule has 21 aromatic rings. The SMILES string of the molecule is CC1=Nc2cc3nc4ccccc4cc3nc2C1.CCSc1nc2cc3c(cc2s1)sc1ccccc13.CCn1c(C)nc2cc3c(cc21)sc1cnccc13.CCn1c(C)nc2cc3cc[nH]c3cc21.CCn1c(C)nc2cc3ncccc3cc21.Cc1nc2cc3nc4ccccc4nc3cc2s1. The highest BCUT2D eigenvalue weighted by Crippen LogP contribution is 2.40. The number of benzene rings is 8. The first-order chi connectivity index (χ1) is 51.3. The Kier molecular flexibility index (Phi) is 18.0. The molecule has 21 heteroatoms. The number of nitrogens with one attached hydrogen (secondary N) is 1. The lowest BCUT2D eigenvalue weighted by molar-refractivity contribution is 0.753. The van der Waals surface area contributed by atoms with E-state index in [-0.39, 0.29) is 0 Å². The van der Waals surface area contributed by atoms with Crippen LogP contribution in [0.5, 0.6) is 0 Å². The molecule has 1 N–H and O–H groups in total. The van der Waals surface area contributed by atoms with Gasteiger partial charge in [-0.05, 0) is 176 Å². The first-order valence-electron chi connectivity index (χ1n) is 35.1. The highest BCUT2D eigenvalue weighted by Gasteiger charge is 2.18. The number of thiophene rings is 2. The number of H-pyrrole nitrogens is 1. The van der Waals surface area contributed by atoms with Crippen LogP contribution in [0.3, 0.4) is 0 Å². The predicted molar refractivity (Wildman–Crippen MR) is 446 cm³/mol. The Morgan fingerprint density at radius 3 is 1.72 bits per heavy atom. The van der Waals surface area contributed by atoms with Gasteiger partial charge in [0.15, 0.2) is 4.34 Å². The van der Waals surface area contributed by atoms with Gasteiger partial charge in [0.1, 0.15) is 17.5 Å². The van der Waals surface area contributed by atoms with Crippen molar-refractivity contribution in [3.63, 3.8) is 0 Å². The van der Waals surface area contributed by atoms with E-state index in [0.29, 0.717) is 0 Å². The molecule has 1 aliphatic heterocycles. The van der Waals surface area contributed by atoms with Crippen LogP contribution < -0.4 is 0 Å². The molecule has 13 aromatic heterocycles. The zero-order valence-corrected chi connectivity index (χ0v) is 63.3. The van der Waals surface area contributed by atoms with Crippen molar-refractivity contribution in [3.05, 3.63) is 223 Å². The largest absolute Gasteiger partial charge is 0.361 e. The summed E-state index contributed by atoms with van der Waals surface area (Å²) in [5.74, 6) is 4.31. The number of hydrogen-bond acceptors (Lipinski definition) is 17. The number of thioether (sulfide) groups is 1. The number of aromatic amines is 1. The summed E-state index contributed by atoms with van der Waals surface area (Å²) in [7, 11) is 0. The van der Waals surface area contributed by atoms with Crippen LogP contribution in [0.15, 0.2) is 204 Å². The van der Waals surface area contributed by atoms with Gasteiger partial charge in [0.05, 0.1) is 119 Å². The highest BCUT2D eigenvalue weighted by atomic mass is 32.2. The Labute approximate surface area is 623 Å². The Morgan fingerprint density at radius 1 is 0.390 bits per heavy atom. The molecule has 1 aliphatic rings. The predicted octanol–water partition coefficient (Wildman–Crippen LogP) is 22.8. The molecule has 0 spiro atoms. The average Bonchev–Trinajstić information content (AvgIpc) is 1.70. The summed E-state index contributed by atoms with van der Waals surface area (Å²) in [5.41, 5.74) is 20.9. The van der Waals surface area contributed by atoms with E-state index in [2.05, 4.69) is 224 Å². The van der Waals surface area contributed by atoms with Crippen LogP contribution in [0, 0.1) is 27.7 Å². The molecule has 0 radical (unpaired) electrons. The number of nitrogens with zero attached hydrogens (tertiary/aromatic N) is 15. The van der Waals surface area contributed by atoms with Crippen molar-refractivity contribution in [2.45, 2.75) is 92.7 Å². The van der Waals surface area contributed by atoms with E-state index in [1.165, 1.54) is 86.9 Å². The van der Waals surface area contributed by atoms with Crippen LogP contribution in [0.4, 0.5) is 5.69 Å². The molecular formula is C84H70N16S5. The first kappa shape index (κ1) is 67.1. The molecule has 8 aromatic carbocycles. The van der Waals surface area contributed by atoms with E-state index < -0.39 is 0 Å². The molecule has 0 aliphatic carbocycles. The number of para-hydroxylation sites is 3. The van der Waals surface area contributed by atoms with Gasteiger partial charge in [-0.25, -0.2) is 44.9 Å². The van der Waals surface area contributed by atoms with Gasteiger partial charge in [0.2, 0.25) is 0 Å². The molecule has 22 rings (SSSR count). The highest BCUT2D eigenvalue weighted by molar-refractivity contribution is 8.01. The number of pyridine rings is 4. The summed E-state index contributed by atoms with van der Waals surface area (Å²) in [6.07, 6.45) is 8.44. The molecule has 0 amide bonds. The number of hydrogen-bond donors (Lipinski definition) is 1. The summed E-state index contributed by atoms with van der Waals surface area (Å²) in [5, 5.41) is 9.86. The van der Waals surface area contributed by atoms with Crippen molar-refractivity contribution < 1.29 is 0 Å². The maximum absolute atomic E-state index is 4.73. The maximum Gasteiger partial charge on any atom is 0.151 e. The molecule has 516 valence electrons. The molecule has 0 saturated heterocycles. The minimum Gasteiger partial charge on any atom is -0.361 e. The number of aliphatic imine (C=N–C) groups is 1. The molecule has 14 heterocycles. The molecule has 0 fully saturated rings. The normalized spacial score (nSPS) is 12.1. The van der Waals surface area contributed by atoms with E-state index in [0.717, 1.165) is 148 Å². The van der Waals surface area contributed by atoms with E-state index in [1.54, 1.807) is 34.0 Å². The van der Waals surface area contributed by atoms with Crippen LogP contribution in [0.2, 0.25) is 0 Å². The Hall–Kier alpha value is -11.1. The smallest absolute Gasteiger partial charge is 0.151 e. The molecule has 0 unspecified atom stereocenters. The molecule has 105 heavy (non-hydrogen) atoms. The van der Waals surface area contributed by atoms with Crippen LogP contribution in [-0.2, 0) is 26.1 Å². The van der Waals surface area contributed by atoms with Gasteiger partial charge >= 0.3 is 0 Å². The fourth-order valence-electron chi connectivity index (χ4n) is 14.1. The minimum absolute atomic E-state index is 0.859. The minimum atomic E-state index is 0.859. The summed E-state index contributed by atoms with van der Waals surface area (Å²) in [6, 6.07) is 58.7. The van der Waals surface area contributed by atoms with E-state index in [4.69, 9.17) is 4.98 Å². The lowest BCUT2D eigenvalue weighted by Gasteiger charge is -2.03. The van der Waals surface area contributed by atoms with Gasteiger partial charge in [0, 0.05) is 114 Å². The van der Waals surface area contributed by atoms with Crippen molar-refractivity contribution in [2.75, 3.05) is 5.75 Å². The lowest BCUT2D eigenvalue weighted by Crippen LogP contribution is -1.96. The molecule has 0 bridgehead atoms. The third-order valence-electron chi connectivity index (χ3n) is 18.9. The van der Waals surface area contributed by atoms with Gasteiger partial charge in [-0.3, -0.25) is 15.0 Å².